The summed E-state index contributed by atoms with van der Waals surface area (Å²) in [7, 11) is 0. The van der Waals surface area contributed by atoms with Crippen LogP contribution in [-0.4, -0.2) is 11.0 Å². The van der Waals surface area contributed by atoms with Gasteiger partial charge in [-0.2, -0.15) is 0 Å². The fraction of sp³-hybridized carbons (Fsp3) is 0.583. The van der Waals surface area contributed by atoms with E-state index in [4.69, 9.17) is 0 Å². The van der Waals surface area contributed by atoms with E-state index >= 15 is 0 Å². The maximum absolute atomic E-state index is 4.33. The number of hydrogen-bond acceptors (Lipinski definition) is 2. The molecule has 0 amide bonds. The van der Waals surface area contributed by atoms with Crippen molar-refractivity contribution >= 4 is 0 Å². The highest BCUT2D eigenvalue weighted by Gasteiger charge is 2.08. The first kappa shape index (κ1) is 11.2. The summed E-state index contributed by atoms with van der Waals surface area (Å²) in [5.41, 5.74) is 1.12. The zero-order valence-electron chi connectivity index (χ0n) is 9.33. The molecule has 1 aromatic rings. The van der Waals surface area contributed by atoms with Gasteiger partial charge in [-0.05, 0) is 32.4 Å². The van der Waals surface area contributed by atoms with E-state index in [1.54, 1.807) is 0 Å². The molecular formula is C12H20N2. The molecule has 0 saturated carbocycles. The molecule has 0 aromatic carbocycles. The molecule has 0 radical (unpaired) electrons. The summed E-state index contributed by atoms with van der Waals surface area (Å²) in [6.45, 7) is 6.60. The third-order valence-corrected chi connectivity index (χ3v) is 2.39. The highest BCUT2D eigenvalue weighted by molar-refractivity contribution is 5.07. The molecule has 0 bridgehead atoms. The fourth-order valence-electron chi connectivity index (χ4n) is 1.66. The minimum Gasteiger partial charge on any atom is -0.306 e. The van der Waals surface area contributed by atoms with Gasteiger partial charge in [0.2, 0.25) is 0 Å². The second-order valence-electron chi connectivity index (χ2n) is 3.83. The zero-order valence-corrected chi connectivity index (χ0v) is 9.33. The summed E-state index contributed by atoms with van der Waals surface area (Å²) in [5, 5.41) is 3.53. The molecule has 0 aliphatic carbocycles. The molecule has 0 saturated heterocycles. The van der Waals surface area contributed by atoms with E-state index in [0.717, 1.165) is 5.69 Å². The molecule has 0 aliphatic heterocycles. The van der Waals surface area contributed by atoms with Crippen LogP contribution in [-0.2, 0) is 0 Å². The third-order valence-electron chi connectivity index (χ3n) is 2.39. The Morgan fingerprint density at radius 1 is 1.36 bits per heavy atom. The molecule has 1 rings (SSSR count). The molecule has 14 heavy (non-hydrogen) atoms. The highest BCUT2D eigenvalue weighted by Crippen LogP contribution is 2.10. The van der Waals surface area contributed by atoms with Crippen LogP contribution in [0.3, 0.4) is 0 Å². The van der Waals surface area contributed by atoms with E-state index in [0.29, 0.717) is 12.1 Å². The number of rotatable bonds is 5. The number of nitrogens with one attached hydrogen (secondary N) is 1. The second kappa shape index (κ2) is 5.76. The molecule has 2 heteroatoms. The van der Waals surface area contributed by atoms with Gasteiger partial charge in [0.1, 0.15) is 0 Å². The van der Waals surface area contributed by atoms with Crippen molar-refractivity contribution in [1.82, 2.24) is 10.3 Å². The third kappa shape index (κ3) is 3.46. The Hall–Kier alpha value is -0.890. The summed E-state index contributed by atoms with van der Waals surface area (Å²) in [6.07, 6.45) is 4.29. The molecule has 78 valence electrons. The van der Waals surface area contributed by atoms with Gasteiger partial charge in [0, 0.05) is 18.3 Å². The molecule has 0 spiro atoms. The molecule has 0 fully saturated rings. The van der Waals surface area contributed by atoms with Crippen molar-refractivity contribution in [2.75, 3.05) is 0 Å². The topological polar surface area (TPSA) is 24.9 Å². The molecule has 1 heterocycles. The lowest BCUT2D eigenvalue weighted by molar-refractivity contribution is 0.447. The summed E-state index contributed by atoms with van der Waals surface area (Å²) < 4.78 is 0. The minimum atomic E-state index is 0.345. The van der Waals surface area contributed by atoms with E-state index in [-0.39, 0.29) is 0 Å². The Balaban J connectivity index is 2.46. The van der Waals surface area contributed by atoms with Gasteiger partial charge in [-0.1, -0.05) is 19.4 Å². The lowest BCUT2D eigenvalue weighted by Gasteiger charge is -2.18. The van der Waals surface area contributed by atoms with Crippen LogP contribution in [0.5, 0.6) is 0 Å². The van der Waals surface area contributed by atoms with Crippen LogP contribution in [0.2, 0.25) is 0 Å². The Morgan fingerprint density at radius 2 is 2.14 bits per heavy atom. The van der Waals surface area contributed by atoms with Crippen molar-refractivity contribution < 1.29 is 0 Å². The predicted molar refractivity (Wildman–Crippen MR) is 60.2 cm³/mol. The van der Waals surface area contributed by atoms with Gasteiger partial charge in [0.25, 0.3) is 0 Å². The van der Waals surface area contributed by atoms with Crippen molar-refractivity contribution in [1.29, 1.82) is 0 Å². The summed E-state index contributed by atoms with van der Waals surface area (Å²) in [5.74, 6) is 0. The quantitative estimate of drug-likeness (QED) is 0.776. The molecular weight excluding hydrogens is 172 g/mol. The van der Waals surface area contributed by atoms with E-state index in [1.165, 1.54) is 12.8 Å². The standard InChI is InChI=1S/C12H20N2/c1-4-7-10(2)14-11(3)12-8-5-6-9-13-12/h5-6,8-11,14H,4,7H2,1-3H3. The van der Waals surface area contributed by atoms with Crippen LogP contribution in [0, 0.1) is 0 Å². The van der Waals surface area contributed by atoms with E-state index in [1.807, 2.05) is 18.3 Å². The van der Waals surface area contributed by atoms with Gasteiger partial charge >= 0.3 is 0 Å². The van der Waals surface area contributed by atoms with Crippen molar-refractivity contribution in [3.8, 4) is 0 Å². The molecule has 2 atom stereocenters. The largest absolute Gasteiger partial charge is 0.306 e. The Labute approximate surface area is 86.8 Å². The van der Waals surface area contributed by atoms with Gasteiger partial charge in [-0.25, -0.2) is 0 Å². The molecule has 2 unspecified atom stereocenters. The number of nitrogens with zero attached hydrogens (tertiary/aromatic N) is 1. The number of aromatic nitrogens is 1. The van der Waals surface area contributed by atoms with Crippen molar-refractivity contribution in [3.63, 3.8) is 0 Å². The second-order valence-corrected chi connectivity index (χ2v) is 3.83. The van der Waals surface area contributed by atoms with Gasteiger partial charge in [0.15, 0.2) is 0 Å². The molecule has 2 nitrogen and oxygen atoms in total. The van der Waals surface area contributed by atoms with Gasteiger partial charge in [-0.15, -0.1) is 0 Å². The highest BCUT2D eigenvalue weighted by atomic mass is 15.0. The predicted octanol–water partition coefficient (Wildman–Crippen LogP) is 2.92. The Bertz CT molecular complexity index is 246. The van der Waals surface area contributed by atoms with Gasteiger partial charge in [0.05, 0.1) is 5.69 Å². The zero-order chi connectivity index (χ0) is 10.4. The van der Waals surface area contributed by atoms with Crippen LogP contribution in [0.1, 0.15) is 45.3 Å². The first-order chi connectivity index (χ1) is 6.74. The normalized spacial score (nSPS) is 15.1. The van der Waals surface area contributed by atoms with Crippen molar-refractivity contribution in [2.24, 2.45) is 0 Å². The SMILES string of the molecule is CCCC(C)NC(C)c1ccccn1. The Morgan fingerprint density at radius 3 is 2.71 bits per heavy atom. The first-order valence-electron chi connectivity index (χ1n) is 5.41. The monoisotopic (exact) mass is 192 g/mol. The average molecular weight is 192 g/mol. The average Bonchev–Trinajstić information content (AvgIpc) is 2.19. The summed E-state index contributed by atoms with van der Waals surface area (Å²) in [4.78, 5) is 4.33. The summed E-state index contributed by atoms with van der Waals surface area (Å²) >= 11 is 0. The smallest absolute Gasteiger partial charge is 0.0570 e. The van der Waals surface area contributed by atoms with Gasteiger partial charge in [-0.3, -0.25) is 4.98 Å². The van der Waals surface area contributed by atoms with Crippen LogP contribution in [0.4, 0.5) is 0 Å². The number of pyridine rings is 1. The van der Waals surface area contributed by atoms with Crippen LogP contribution in [0.15, 0.2) is 24.4 Å². The first-order valence-corrected chi connectivity index (χ1v) is 5.41. The van der Waals surface area contributed by atoms with E-state index < -0.39 is 0 Å². The minimum absolute atomic E-state index is 0.345. The molecule has 1 aromatic heterocycles. The van der Waals surface area contributed by atoms with Crippen LogP contribution >= 0.6 is 0 Å². The fourth-order valence-corrected chi connectivity index (χ4v) is 1.66. The lowest BCUT2D eigenvalue weighted by Crippen LogP contribution is -2.29. The maximum atomic E-state index is 4.33. The van der Waals surface area contributed by atoms with Crippen molar-refractivity contribution in [3.05, 3.63) is 30.1 Å². The number of hydrogen-bond donors (Lipinski definition) is 1. The molecule has 0 aliphatic rings. The van der Waals surface area contributed by atoms with E-state index in [2.05, 4.69) is 37.1 Å². The van der Waals surface area contributed by atoms with Crippen LogP contribution < -0.4 is 5.32 Å². The maximum Gasteiger partial charge on any atom is 0.0570 e. The molecule has 1 N–H and O–H groups in total. The van der Waals surface area contributed by atoms with Crippen molar-refractivity contribution in [2.45, 2.75) is 45.7 Å². The lowest BCUT2D eigenvalue weighted by atomic mass is 10.1. The Kier molecular flexibility index (Phi) is 4.60. The van der Waals surface area contributed by atoms with Crippen LogP contribution in [0.25, 0.3) is 0 Å². The van der Waals surface area contributed by atoms with Gasteiger partial charge < -0.3 is 5.32 Å². The van der Waals surface area contributed by atoms with E-state index in [9.17, 15) is 0 Å². The summed E-state index contributed by atoms with van der Waals surface area (Å²) in [6, 6.07) is 6.96.